The summed E-state index contributed by atoms with van der Waals surface area (Å²) in [6.07, 6.45) is -0.683. The lowest BCUT2D eigenvalue weighted by Gasteiger charge is -2.25. The molecular formula is C22H26FNO5. The van der Waals surface area contributed by atoms with Crippen LogP contribution in [0.1, 0.15) is 39.2 Å². The summed E-state index contributed by atoms with van der Waals surface area (Å²) in [6.45, 7) is 6.79. The van der Waals surface area contributed by atoms with E-state index in [1.165, 1.54) is 25.3 Å². The van der Waals surface area contributed by atoms with Gasteiger partial charge in [-0.2, -0.15) is 0 Å². The zero-order chi connectivity index (χ0) is 21.8. The molecule has 0 radical (unpaired) electrons. The van der Waals surface area contributed by atoms with Crippen LogP contribution >= 0.6 is 0 Å². The SMILES string of the molecule is COc1ccc(F)cc1-c1ccc(C(C(=O)O)C(C)NC(=O)OC(C)(C)C)cc1. The minimum absolute atomic E-state index is 0.400. The van der Waals surface area contributed by atoms with E-state index < -0.39 is 35.4 Å². The van der Waals surface area contributed by atoms with Crippen molar-refractivity contribution in [2.45, 2.75) is 45.3 Å². The first-order valence-corrected chi connectivity index (χ1v) is 9.18. The molecule has 0 fully saturated rings. The molecule has 0 saturated carbocycles. The number of carboxylic acids is 1. The Balaban J connectivity index is 2.26. The maximum atomic E-state index is 13.6. The highest BCUT2D eigenvalue weighted by Gasteiger charge is 2.29. The van der Waals surface area contributed by atoms with Gasteiger partial charge < -0.3 is 19.9 Å². The summed E-state index contributed by atoms with van der Waals surface area (Å²) in [6, 6.07) is 10.2. The number of halogens is 1. The first kappa shape index (κ1) is 22.2. The molecule has 29 heavy (non-hydrogen) atoms. The molecule has 0 aromatic heterocycles. The fourth-order valence-corrected chi connectivity index (χ4v) is 3.00. The van der Waals surface area contributed by atoms with E-state index in [1.807, 2.05) is 0 Å². The Labute approximate surface area is 169 Å². The van der Waals surface area contributed by atoms with Crippen LogP contribution in [0.2, 0.25) is 0 Å². The second kappa shape index (κ2) is 8.94. The number of nitrogens with one attached hydrogen (secondary N) is 1. The summed E-state index contributed by atoms with van der Waals surface area (Å²) in [5, 5.41) is 12.3. The normalized spacial score (nSPS) is 13.3. The lowest BCUT2D eigenvalue weighted by Crippen LogP contribution is -2.42. The lowest BCUT2D eigenvalue weighted by atomic mass is 9.91. The molecule has 6 nitrogen and oxygen atoms in total. The Morgan fingerprint density at radius 2 is 1.72 bits per heavy atom. The number of alkyl carbamates (subject to hydrolysis) is 1. The summed E-state index contributed by atoms with van der Waals surface area (Å²) in [4.78, 5) is 23.8. The van der Waals surface area contributed by atoms with Gasteiger partial charge in [-0.05, 0) is 57.0 Å². The first-order valence-electron chi connectivity index (χ1n) is 9.18. The number of hydrogen-bond donors (Lipinski definition) is 2. The minimum atomic E-state index is -1.08. The third-order valence-electron chi connectivity index (χ3n) is 4.25. The van der Waals surface area contributed by atoms with Crippen molar-refractivity contribution in [1.29, 1.82) is 0 Å². The number of aliphatic carboxylic acids is 1. The molecular weight excluding hydrogens is 377 g/mol. The maximum Gasteiger partial charge on any atom is 0.407 e. The van der Waals surface area contributed by atoms with Crippen molar-refractivity contribution in [2.24, 2.45) is 0 Å². The lowest BCUT2D eigenvalue weighted by molar-refractivity contribution is -0.139. The van der Waals surface area contributed by atoms with Crippen LogP contribution in [0.4, 0.5) is 9.18 Å². The Bertz CT molecular complexity index is 874. The van der Waals surface area contributed by atoms with Gasteiger partial charge in [0.15, 0.2) is 0 Å². The van der Waals surface area contributed by atoms with Crippen LogP contribution in [-0.2, 0) is 9.53 Å². The Morgan fingerprint density at radius 3 is 2.24 bits per heavy atom. The van der Waals surface area contributed by atoms with Gasteiger partial charge in [0.25, 0.3) is 0 Å². The standard InChI is InChI=1S/C22H26FNO5/c1-13(24-21(27)29-22(2,3)4)19(20(25)26)15-8-6-14(7-9-15)17-12-16(23)10-11-18(17)28-5/h6-13,19H,1-5H3,(H,24,27)(H,25,26). The monoisotopic (exact) mass is 403 g/mol. The quantitative estimate of drug-likeness (QED) is 0.737. The summed E-state index contributed by atoms with van der Waals surface area (Å²) in [7, 11) is 1.50. The Morgan fingerprint density at radius 1 is 1.10 bits per heavy atom. The molecule has 0 aliphatic rings. The van der Waals surface area contributed by atoms with Crippen LogP contribution in [0.15, 0.2) is 42.5 Å². The number of methoxy groups -OCH3 is 1. The second-order valence-corrected chi connectivity index (χ2v) is 7.72. The van der Waals surface area contributed by atoms with Crippen molar-refractivity contribution in [1.82, 2.24) is 5.32 Å². The van der Waals surface area contributed by atoms with E-state index in [0.717, 1.165) is 0 Å². The molecule has 2 unspecified atom stereocenters. The molecule has 0 saturated heterocycles. The van der Waals surface area contributed by atoms with Crippen LogP contribution in [-0.4, -0.2) is 35.9 Å². The molecule has 0 aliphatic carbocycles. The van der Waals surface area contributed by atoms with Crippen molar-refractivity contribution in [3.8, 4) is 16.9 Å². The topological polar surface area (TPSA) is 84.9 Å². The summed E-state index contributed by atoms with van der Waals surface area (Å²) < 4.78 is 24.1. The van der Waals surface area contributed by atoms with Crippen molar-refractivity contribution in [3.05, 3.63) is 53.8 Å². The predicted octanol–water partition coefficient (Wildman–Crippen LogP) is 4.58. The zero-order valence-corrected chi connectivity index (χ0v) is 17.2. The highest BCUT2D eigenvalue weighted by atomic mass is 19.1. The second-order valence-electron chi connectivity index (χ2n) is 7.72. The van der Waals surface area contributed by atoms with Crippen molar-refractivity contribution >= 4 is 12.1 Å². The third kappa shape index (κ3) is 5.94. The van der Waals surface area contributed by atoms with Gasteiger partial charge in [0, 0.05) is 11.6 Å². The van der Waals surface area contributed by atoms with Gasteiger partial charge >= 0.3 is 12.1 Å². The van der Waals surface area contributed by atoms with Gasteiger partial charge in [-0.1, -0.05) is 24.3 Å². The molecule has 0 aliphatic heterocycles. The van der Waals surface area contributed by atoms with E-state index in [1.54, 1.807) is 52.0 Å². The van der Waals surface area contributed by atoms with Crippen molar-refractivity contribution < 1.29 is 28.6 Å². The molecule has 2 rings (SSSR count). The van der Waals surface area contributed by atoms with E-state index in [-0.39, 0.29) is 0 Å². The molecule has 7 heteroatoms. The van der Waals surface area contributed by atoms with E-state index in [4.69, 9.17) is 9.47 Å². The van der Waals surface area contributed by atoms with Crippen LogP contribution in [0, 0.1) is 5.82 Å². The highest BCUT2D eigenvalue weighted by Crippen LogP contribution is 2.32. The molecule has 0 spiro atoms. The van der Waals surface area contributed by atoms with E-state index >= 15 is 0 Å². The Hall–Kier alpha value is -3.09. The fraction of sp³-hybridized carbons (Fsp3) is 0.364. The number of carbonyl (C=O) groups is 2. The molecule has 1 amide bonds. The molecule has 0 bridgehead atoms. The van der Waals surface area contributed by atoms with Crippen LogP contribution in [0.5, 0.6) is 5.75 Å². The summed E-state index contributed by atoms with van der Waals surface area (Å²) in [5.41, 5.74) is 1.06. The zero-order valence-electron chi connectivity index (χ0n) is 17.2. The van der Waals surface area contributed by atoms with Gasteiger partial charge in [0.2, 0.25) is 0 Å². The fourth-order valence-electron chi connectivity index (χ4n) is 3.00. The van der Waals surface area contributed by atoms with E-state index in [9.17, 15) is 19.1 Å². The molecule has 0 heterocycles. The first-order chi connectivity index (χ1) is 13.5. The average molecular weight is 403 g/mol. The third-order valence-corrected chi connectivity index (χ3v) is 4.25. The number of ether oxygens (including phenoxy) is 2. The van der Waals surface area contributed by atoms with Crippen LogP contribution in [0.25, 0.3) is 11.1 Å². The van der Waals surface area contributed by atoms with E-state index in [2.05, 4.69) is 5.32 Å². The summed E-state index contributed by atoms with van der Waals surface area (Å²) >= 11 is 0. The predicted molar refractivity (Wildman–Crippen MR) is 108 cm³/mol. The number of rotatable bonds is 6. The van der Waals surface area contributed by atoms with Crippen molar-refractivity contribution in [2.75, 3.05) is 7.11 Å². The number of benzene rings is 2. The molecule has 2 aromatic carbocycles. The molecule has 2 N–H and O–H groups in total. The summed E-state index contributed by atoms with van der Waals surface area (Å²) in [5.74, 6) is -1.95. The van der Waals surface area contributed by atoms with Crippen LogP contribution in [0.3, 0.4) is 0 Å². The largest absolute Gasteiger partial charge is 0.496 e. The molecule has 2 atom stereocenters. The minimum Gasteiger partial charge on any atom is -0.496 e. The smallest absolute Gasteiger partial charge is 0.407 e. The number of carbonyl (C=O) groups excluding carboxylic acids is 1. The van der Waals surface area contributed by atoms with Crippen molar-refractivity contribution in [3.63, 3.8) is 0 Å². The number of carboxylic acid groups (broad SMARTS) is 1. The average Bonchev–Trinajstić information content (AvgIpc) is 2.60. The maximum absolute atomic E-state index is 13.6. The van der Waals surface area contributed by atoms with Gasteiger partial charge in [-0.3, -0.25) is 4.79 Å². The molecule has 2 aromatic rings. The highest BCUT2D eigenvalue weighted by molar-refractivity contribution is 5.79. The number of hydrogen-bond acceptors (Lipinski definition) is 4. The van der Waals surface area contributed by atoms with Gasteiger partial charge in [-0.25, -0.2) is 9.18 Å². The van der Waals surface area contributed by atoms with Gasteiger partial charge in [-0.15, -0.1) is 0 Å². The van der Waals surface area contributed by atoms with Crippen LogP contribution < -0.4 is 10.1 Å². The van der Waals surface area contributed by atoms with Gasteiger partial charge in [0.05, 0.1) is 7.11 Å². The molecule has 156 valence electrons. The number of amides is 1. The van der Waals surface area contributed by atoms with E-state index in [0.29, 0.717) is 22.4 Å². The Kier molecular flexibility index (Phi) is 6.84. The van der Waals surface area contributed by atoms with Gasteiger partial charge in [0.1, 0.15) is 23.1 Å².